The molecular formula is C20H21NO5. The van der Waals surface area contributed by atoms with Gasteiger partial charge in [0.25, 0.3) is 0 Å². The highest BCUT2D eigenvalue weighted by atomic mass is 16.5. The van der Waals surface area contributed by atoms with Crippen LogP contribution in [0.1, 0.15) is 37.3 Å². The molecule has 136 valence electrons. The predicted molar refractivity (Wildman–Crippen MR) is 98.2 cm³/mol. The molecule has 3 aromatic rings. The number of fused-ring (bicyclic) bond motifs is 1. The number of carbonyl (C=O) groups is 1. The molecule has 0 aliphatic rings. The minimum absolute atomic E-state index is 0.0509. The van der Waals surface area contributed by atoms with Crippen molar-refractivity contribution in [3.63, 3.8) is 0 Å². The Kier molecular flexibility index (Phi) is 4.75. The molecule has 0 fully saturated rings. The van der Waals surface area contributed by atoms with Gasteiger partial charge in [0.05, 0.1) is 0 Å². The van der Waals surface area contributed by atoms with Gasteiger partial charge in [-0.1, -0.05) is 13.8 Å². The number of phenolic OH excluding ortho intramolecular Hbond substituents is 2. The summed E-state index contributed by atoms with van der Waals surface area (Å²) in [5.74, 6) is -0.625. The summed E-state index contributed by atoms with van der Waals surface area (Å²) in [6, 6.07) is 8.31. The van der Waals surface area contributed by atoms with Crippen LogP contribution in [0.3, 0.4) is 0 Å². The van der Waals surface area contributed by atoms with Gasteiger partial charge in [-0.15, -0.1) is 0 Å². The Hall–Kier alpha value is -3.15. The Morgan fingerprint density at radius 2 is 1.85 bits per heavy atom. The van der Waals surface area contributed by atoms with E-state index in [4.69, 9.17) is 9.84 Å². The number of hydrogen-bond acceptors (Lipinski definition) is 4. The van der Waals surface area contributed by atoms with Gasteiger partial charge in [-0.25, -0.2) is 0 Å². The van der Waals surface area contributed by atoms with Gasteiger partial charge in [0.1, 0.15) is 5.75 Å². The van der Waals surface area contributed by atoms with Crippen LogP contribution in [0, 0.1) is 0 Å². The number of H-pyrrole nitrogens is 1. The zero-order valence-electron chi connectivity index (χ0n) is 14.6. The van der Waals surface area contributed by atoms with E-state index < -0.39 is 5.97 Å². The summed E-state index contributed by atoms with van der Waals surface area (Å²) in [5.41, 5.74) is 2.67. The Balaban J connectivity index is 1.89. The number of ether oxygens (including phenoxy) is 1. The number of carboxylic acids is 1. The van der Waals surface area contributed by atoms with Crippen molar-refractivity contribution in [3.8, 4) is 23.0 Å². The maximum Gasteiger partial charge on any atom is 0.303 e. The second-order valence-electron chi connectivity index (χ2n) is 6.57. The maximum absolute atomic E-state index is 10.7. The molecule has 4 N–H and O–H groups in total. The molecule has 0 saturated carbocycles. The molecular weight excluding hydrogens is 334 g/mol. The van der Waals surface area contributed by atoms with Crippen molar-refractivity contribution in [3.05, 3.63) is 47.7 Å². The van der Waals surface area contributed by atoms with Crippen molar-refractivity contribution in [2.75, 3.05) is 0 Å². The van der Waals surface area contributed by atoms with Gasteiger partial charge in [-0.05, 0) is 53.8 Å². The SMILES string of the molecule is CC(C)c1c[nH]c2ccc(Oc3c(O)cc(CCC(=O)O)cc3O)cc12. The van der Waals surface area contributed by atoms with Crippen molar-refractivity contribution in [2.45, 2.75) is 32.6 Å². The van der Waals surface area contributed by atoms with E-state index in [0.717, 1.165) is 16.5 Å². The van der Waals surface area contributed by atoms with E-state index >= 15 is 0 Å². The highest BCUT2D eigenvalue weighted by Gasteiger charge is 2.15. The number of aromatic nitrogens is 1. The molecule has 0 radical (unpaired) electrons. The lowest BCUT2D eigenvalue weighted by atomic mass is 10.0. The third-order valence-corrected chi connectivity index (χ3v) is 4.26. The number of phenols is 2. The second kappa shape index (κ2) is 7.00. The van der Waals surface area contributed by atoms with Crippen LogP contribution < -0.4 is 4.74 Å². The van der Waals surface area contributed by atoms with E-state index in [1.165, 1.54) is 12.1 Å². The minimum atomic E-state index is -0.940. The van der Waals surface area contributed by atoms with E-state index in [1.54, 1.807) is 6.07 Å². The normalized spacial score (nSPS) is 11.2. The summed E-state index contributed by atoms with van der Waals surface area (Å²) < 4.78 is 5.70. The molecule has 1 heterocycles. The van der Waals surface area contributed by atoms with Crippen molar-refractivity contribution in [1.29, 1.82) is 0 Å². The number of aromatic amines is 1. The van der Waals surface area contributed by atoms with Gasteiger partial charge in [-0.2, -0.15) is 0 Å². The molecule has 26 heavy (non-hydrogen) atoms. The Labute approximate surface area is 150 Å². The minimum Gasteiger partial charge on any atom is -0.504 e. The van der Waals surface area contributed by atoms with E-state index in [9.17, 15) is 15.0 Å². The van der Waals surface area contributed by atoms with Crippen molar-refractivity contribution >= 4 is 16.9 Å². The lowest BCUT2D eigenvalue weighted by Crippen LogP contribution is -1.97. The smallest absolute Gasteiger partial charge is 0.303 e. The number of aryl methyl sites for hydroxylation is 1. The molecule has 2 aromatic carbocycles. The van der Waals surface area contributed by atoms with Crippen LogP contribution in [0.4, 0.5) is 0 Å². The molecule has 0 aliphatic carbocycles. The van der Waals surface area contributed by atoms with E-state index in [2.05, 4.69) is 18.8 Å². The summed E-state index contributed by atoms with van der Waals surface area (Å²) in [5, 5.41) is 30.1. The first kappa shape index (κ1) is 17.7. The largest absolute Gasteiger partial charge is 0.504 e. The Morgan fingerprint density at radius 3 is 2.46 bits per heavy atom. The molecule has 6 heteroatoms. The number of aromatic hydroxyl groups is 2. The fourth-order valence-electron chi connectivity index (χ4n) is 2.94. The monoisotopic (exact) mass is 355 g/mol. The fourth-order valence-corrected chi connectivity index (χ4v) is 2.94. The molecule has 0 unspecified atom stereocenters. The summed E-state index contributed by atoms with van der Waals surface area (Å²) in [6.45, 7) is 4.20. The van der Waals surface area contributed by atoms with Crippen LogP contribution in [0.2, 0.25) is 0 Å². The Bertz CT molecular complexity index is 935. The molecule has 1 aromatic heterocycles. The molecule has 0 spiro atoms. The standard InChI is InChI=1S/C20H21NO5/c1-11(2)15-10-21-16-5-4-13(9-14(15)16)26-20-17(22)7-12(8-18(20)23)3-6-19(24)25/h4-5,7-11,21-23H,3,6H2,1-2H3,(H,24,25). The summed E-state index contributed by atoms with van der Waals surface area (Å²) in [7, 11) is 0. The average molecular weight is 355 g/mol. The predicted octanol–water partition coefficient (Wildman–Crippen LogP) is 4.51. The maximum atomic E-state index is 10.7. The number of rotatable bonds is 6. The van der Waals surface area contributed by atoms with Crippen LogP contribution in [0.5, 0.6) is 23.0 Å². The zero-order valence-corrected chi connectivity index (χ0v) is 14.6. The summed E-state index contributed by atoms with van der Waals surface area (Å²) in [4.78, 5) is 13.9. The highest BCUT2D eigenvalue weighted by Crippen LogP contribution is 2.41. The van der Waals surface area contributed by atoms with Gasteiger partial charge in [-0.3, -0.25) is 4.79 Å². The summed E-state index contributed by atoms with van der Waals surface area (Å²) >= 11 is 0. The van der Waals surface area contributed by atoms with Crippen molar-refractivity contribution in [2.24, 2.45) is 0 Å². The van der Waals surface area contributed by atoms with Crippen LogP contribution in [0.15, 0.2) is 36.5 Å². The molecule has 0 atom stereocenters. The summed E-state index contributed by atoms with van der Waals surface area (Å²) in [6.07, 6.45) is 2.09. The van der Waals surface area contributed by atoms with Crippen molar-refractivity contribution in [1.82, 2.24) is 4.98 Å². The number of benzene rings is 2. The molecule has 3 rings (SSSR count). The van der Waals surface area contributed by atoms with E-state index in [-0.39, 0.29) is 30.1 Å². The molecule has 0 saturated heterocycles. The third kappa shape index (κ3) is 3.59. The highest BCUT2D eigenvalue weighted by molar-refractivity contribution is 5.85. The topological polar surface area (TPSA) is 103 Å². The first-order chi connectivity index (χ1) is 12.3. The lowest BCUT2D eigenvalue weighted by Gasteiger charge is -2.12. The van der Waals surface area contributed by atoms with Crippen LogP contribution in [0.25, 0.3) is 10.9 Å². The molecule has 6 nitrogen and oxygen atoms in total. The van der Waals surface area contributed by atoms with Crippen LogP contribution in [-0.4, -0.2) is 26.3 Å². The molecule has 0 bridgehead atoms. The van der Waals surface area contributed by atoms with Gasteiger partial charge < -0.3 is 25.0 Å². The van der Waals surface area contributed by atoms with Crippen LogP contribution >= 0.6 is 0 Å². The third-order valence-electron chi connectivity index (χ3n) is 4.26. The van der Waals surface area contributed by atoms with Gasteiger partial charge in [0.2, 0.25) is 5.75 Å². The fraction of sp³-hybridized carbons (Fsp3) is 0.250. The van der Waals surface area contributed by atoms with Gasteiger partial charge >= 0.3 is 5.97 Å². The lowest BCUT2D eigenvalue weighted by molar-refractivity contribution is -0.136. The van der Waals surface area contributed by atoms with Gasteiger partial charge in [0, 0.05) is 23.5 Å². The second-order valence-corrected chi connectivity index (χ2v) is 6.57. The Morgan fingerprint density at radius 1 is 1.15 bits per heavy atom. The number of hydrogen-bond donors (Lipinski definition) is 4. The number of nitrogens with one attached hydrogen (secondary N) is 1. The van der Waals surface area contributed by atoms with E-state index in [1.807, 2.05) is 18.3 Å². The van der Waals surface area contributed by atoms with Crippen LogP contribution in [-0.2, 0) is 11.2 Å². The first-order valence-corrected chi connectivity index (χ1v) is 8.40. The van der Waals surface area contributed by atoms with E-state index in [0.29, 0.717) is 17.2 Å². The quantitative estimate of drug-likeness (QED) is 0.521. The molecule has 0 aliphatic heterocycles. The number of carboxylic acid groups (broad SMARTS) is 1. The molecule has 0 amide bonds. The first-order valence-electron chi connectivity index (χ1n) is 8.40. The zero-order chi connectivity index (χ0) is 18.8. The van der Waals surface area contributed by atoms with Gasteiger partial charge in [0.15, 0.2) is 11.5 Å². The average Bonchev–Trinajstić information content (AvgIpc) is 2.99. The van der Waals surface area contributed by atoms with Crippen molar-refractivity contribution < 1.29 is 24.9 Å². The number of aliphatic carboxylic acids is 1.